The van der Waals surface area contributed by atoms with Crippen molar-refractivity contribution in [2.24, 2.45) is 35.5 Å². The fourth-order valence-corrected chi connectivity index (χ4v) is 4.20. The van der Waals surface area contributed by atoms with E-state index in [1.807, 2.05) is 0 Å². The molecule has 3 fully saturated rings. The number of hydrogen-bond acceptors (Lipinski definition) is 0. The molecule has 0 amide bonds. The third-order valence-corrected chi connectivity index (χ3v) is 4.89. The van der Waals surface area contributed by atoms with E-state index in [1.54, 1.807) is 12.8 Å². The Bertz CT molecular complexity index is 153. The monoisotopic (exact) mass is 136 g/mol. The van der Waals surface area contributed by atoms with Crippen LogP contribution in [0.1, 0.15) is 26.7 Å². The van der Waals surface area contributed by atoms with Crippen LogP contribution in [0.15, 0.2) is 0 Å². The molecule has 0 spiro atoms. The van der Waals surface area contributed by atoms with Crippen LogP contribution in [-0.2, 0) is 0 Å². The SMILES string of the molecule is CC1C2CC3C1CC3C2C. The molecule has 0 saturated heterocycles. The molecule has 0 aromatic rings. The molecule has 3 aliphatic rings. The van der Waals surface area contributed by atoms with Crippen LogP contribution >= 0.6 is 0 Å². The maximum atomic E-state index is 2.49. The molecule has 0 N–H and O–H groups in total. The van der Waals surface area contributed by atoms with Crippen LogP contribution in [0.2, 0.25) is 0 Å². The van der Waals surface area contributed by atoms with Crippen LogP contribution < -0.4 is 0 Å². The highest BCUT2D eigenvalue weighted by atomic mass is 14.7. The summed E-state index contributed by atoms with van der Waals surface area (Å²) in [6.07, 6.45) is 3.18. The fourth-order valence-electron chi connectivity index (χ4n) is 4.20. The van der Waals surface area contributed by atoms with Gasteiger partial charge in [-0.3, -0.25) is 0 Å². The lowest BCUT2D eigenvalue weighted by molar-refractivity contribution is -0.00659. The van der Waals surface area contributed by atoms with E-state index in [0.29, 0.717) is 0 Å². The van der Waals surface area contributed by atoms with Gasteiger partial charge in [0.15, 0.2) is 0 Å². The number of rotatable bonds is 0. The van der Waals surface area contributed by atoms with Crippen molar-refractivity contribution in [2.45, 2.75) is 26.7 Å². The van der Waals surface area contributed by atoms with Crippen LogP contribution in [-0.4, -0.2) is 0 Å². The second-order valence-electron chi connectivity index (χ2n) is 4.85. The van der Waals surface area contributed by atoms with E-state index in [4.69, 9.17) is 0 Å². The first-order valence-corrected chi connectivity index (χ1v) is 4.79. The smallest absolute Gasteiger partial charge is 0.0349 e. The molecule has 3 saturated carbocycles. The van der Waals surface area contributed by atoms with Gasteiger partial charge in [0.05, 0.1) is 0 Å². The Labute approximate surface area is 63.0 Å². The zero-order valence-corrected chi connectivity index (χ0v) is 6.88. The lowest BCUT2D eigenvalue weighted by atomic mass is 9.56. The Kier molecular flexibility index (Phi) is 0.810. The molecule has 0 aliphatic heterocycles. The standard InChI is InChI=1S/C10H16/c1-5-7-3-10-8(5)4-9(10)6(7)2/h5-10H,3-4H2,1-2H3. The summed E-state index contributed by atoms with van der Waals surface area (Å²) in [6.45, 7) is 4.97. The Balaban J connectivity index is 2.00. The molecule has 0 nitrogen and oxygen atoms in total. The second kappa shape index (κ2) is 1.44. The fraction of sp³-hybridized carbons (Fsp3) is 1.00. The van der Waals surface area contributed by atoms with Gasteiger partial charge in [0.25, 0.3) is 0 Å². The zero-order chi connectivity index (χ0) is 6.88. The summed E-state index contributed by atoms with van der Waals surface area (Å²) >= 11 is 0. The van der Waals surface area contributed by atoms with Gasteiger partial charge in [-0.2, -0.15) is 0 Å². The Morgan fingerprint density at radius 3 is 1.50 bits per heavy atom. The summed E-state index contributed by atoms with van der Waals surface area (Å²) in [5, 5.41) is 0. The lowest BCUT2D eigenvalue weighted by Gasteiger charge is -2.49. The molecule has 3 aliphatic carbocycles. The maximum absolute atomic E-state index is 2.49. The molecular weight excluding hydrogens is 120 g/mol. The first-order chi connectivity index (χ1) is 4.79. The predicted molar refractivity (Wildman–Crippen MR) is 41.5 cm³/mol. The molecule has 10 heavy (non-hydrogen) atoms. The molecule has 0 aromatic carbocycles. The third-order valence-electron chi connectivity index (χ3n) is 4.89. The van der Waals surface area contributed by atoms with E-state index in [0.717, 1.165) is 17.8 Å². The first kappa shape index (κ1) is 5.62. The number of fused-ring (bicyclic) bond motifs is 1. The second-order valence-corrected chi connectivity index (χ2v) is 4.85. The minimum atomic E-state index is 1.09. The van der Waals surface area contributed by atoms with E-state index in [1.165, 1.54) is 17.8 Å². The van der Waals surface area contributed by atoms with Gasteiger partial charge in [-0.1, -0.05) is 13.8 Å². The van der Waals surface area contributed by atoms with E-state index in [2.05, 4.69) is 13.8 Å². The summed E-state index contributed by atoms with van der Waals surface area (Å²) in [5.74, 6) is 6.84. The molecule has 0 heteroatoms. The predicted octanol–water partition coefficient (Wildman–Crippen LogP) is 2.54. The van der Waals surface area contributed by atoms with Crippen molar-refractivity contribution in [1.29, 1.82) is 0 Å². The summed E-state index contributed by atoms with van der Waals surface area (Å²) in [5.41, 5.74) is 0. The van der Waals surface area contributed by atoms with Gasteiger partial charge in [0.2, 0.25) is 0 Å². The van der Waals surface area contributed by atoms with Crippen molar-refractivity contribution < 1.29 is 0 Å². The van der Waals surface area contributed by atoms with Crippen molar-refractivity contribution in [2.75, 3.05) is 0 Å². The van der Waals surface area contributed by atoms with E-state index >= 15 is 0 Å². The van der Waals surface area contributed by atoms with Crippen molar-refractivity contribution in [3.63, 3.8) is 0 Å². The highest BCUT2D eigenvalue weighted by Crippen LogP contribution is 2.68. The quantitative estimate of drug-likeness (QED) is 0.480. The van der Waals surface area contributed by atoms with Crippen molar-refractivity contribution in [3.05, 3.63) is 0 Å². The molecule has 0 radical (unpaired) electrons. The minimum Gasteiger partial charge on any atom is -0.0620 e. The minimum absolute atomic E-state index is 1.09. The third kappa shape index (κ3) is 0.383. The molecule has 0 aromatic heterocycles. The largest absolute Gasteiger partial charge is 0.0620 e. The molecule has 56 valence electrons. The number of hydrogen-bond donors (Lipinski definition) is 0. The molecule has 2 bridgehead atoms. The normalized spacial score (nSPS) is 70.2. The summed E-state index contributed by atoms with van der Waals surface area (Å²) in [4.78, 5) is 0. The van der Waals surface area contributed by atoms with Gasteiger partial charge in [-0.15, -0.1) is 0 Å². The van der Waals surface area contributed by atoms with Gasteiger partial charge >= 0.3 is 0 Å². The summed E-state index contributed by atoms with van der Waals surface area (Å²) in [6, 6.07) is 0. The van der Waals surface area contributed by atoms with Crippen LogP contribution in [0.4, 0.5) is 0 Å². The van der Waals surface area contributed by atoms with Crippen LogP contribution in [0.3, 0.4) is 0 Å². The van der Waals surface area contributed by atoms with Crippen molar-refractivity contribution in [1.82, 2.24) is 0 Å². The topological polar surface area (TPSA) is 0 Å². The van der Waals surface area contributed by atoms with Gasteiger partial charge in [-0.05, 0) is 48.3 Å². The summed E-state index contributed by atoms with van der Waals surface area (Å²) < 4.78 is 0. The van der Waals surface area contributed by atoms with Crippen molar-refractivity contribution in [3.8, 4) is 0 Å². The van der Waals surface area contributed by atoms with E-state index in [-0.39, 0.29) is 0 Å². The molecular formula is C10H16. The highest BCUT2D eigenvalue weighted by Gasteiger charge is 2.61. The summed E-state index contributed by atoms with van der Waals surface area (Å²) in [7, 11) is 0. The lowest BCUT2D eigenvalue weighted by Crippen LogP contribution is -2.43. The van der Waals surface area contributed by atoms with Gasteiger partial charge in [0.1, 0.15) is 0 Å². The first-order valence-electron chi connectivity index (χ1n) is 4.79. The van der Waals surface area contributed by atoms with Gasteiger partial charge in [-0.25, -0.2) is 0 Å². The Morgan fingerprint density at radius 2 is 1.20 bits per heavy atom. The van der Waals surface area contributed by atoms with Crippen LogP contribution in [0, 0.1) is 35.5 Å². The highest BCUT2D eigenvalue weighted by molar-refractivity contribution is 5.10. The average Bonchev–Trinajstić information content (AvgIpc) is 2.16. The Hall–Kier alpha value is 0. The zero-order valence-electron chi connectivity index (χ0n) is 6.88. The Morgan fingerprint density at radius 1 is 0.700 bits per heavy atom. The van der Waals surface area contributed by atoms with Crippen molar-refractivity contribution >= 4 is 0 Å². The van der Waals surface area contributed by atoms with E-state index < -0.39 is 0 Å². The maximum Gasteiger partial charge on any atom is -0.0349 e. The van der Waals surface area contributed by atoms with Gasteiger partial charge < -0.3 is 0 Å². The molecule has 0 heterocycles. The molecule has 3 rings (SSSR count). The van der Waals surface area contributed by atoms with Crippen LogP contribution in [0.25, 0.3) is 0 Å². The van der Waals surface area contributed by atoms with Crippen LogP contribution in [0.5, 0.6) is 0 Å². The van der Waals surface area contributed by atoms with E-state index in [9.17, 15) is 0 Å². The molecule has 4 unspecified atom stereocenters. The van der Waals surface area contributed by atoms with Gasteiger partial charge in [0, 0.05) is 0 Å². The molecule has 4 atom stereocenters. The average molecular weight is 136 g/mol.